The summed E-state index contributed by atoms with van der Waals surface area (Å²) >= 11 is 0. The fraction of sp³-hybridized carbons (Fsp3) is 0.348. The Bertz CT molecular complexity index is 1060. The average molecular weight is 441 g/mol. The Labute approximate surface area is 186 Å². The van der Waals surface area contributed by atoms with Crippen molar-refractivity contribution in [1.82, 2.24) is 10.2 Å². The Morgan fingerprint density at radius 2 is 2.00 bits per heavy atom. The first kappa shape index (κ1) is 22.9. The molecule has 1 saturated heterocycles. The first-order valence-corrected chi connectivity index (χ1v) is 10.2. The van der Waals surface area contributed by atoms with Crippen molar-refractivity contribution in [3.8, 4) is 5.75 Å². The van der Waals surface area contributed by atoms with Gasteiger partial charge in [0, 0.05) is 31.4 Å². The lowest BCUT2D eigenvalue weighted by molar-refractivity contribution is -0.123. The van der Waals surface area contributed by atoms with Gasteiger partial charge in [0.15, 0.2) is 0 Å². The van der Waals surface area contributed by atoms with E-state index in [2.05, 4.69) is 10.1 Å². The van der Waals surface area contributed by atoms with Crippen molar-refractivity contribution in [2.45, 2.75) is 32.9 Å². The van der Waals surface area contributed by atoms with E-state index in [-0.39, 0.29) is 29.9 Å². The molecule has 1 fully saturated rings. The molecule has 0 aliphatic carbocycles. The number of anilines is 1. The maximum Gasteiger partial charge on any atom is 0.373 e. The van der Waals surface area contributed by atoms with Gasteiger partial charge in [-0.25, -0.2) is 9.59 Å². The fourth-order valence-electron chi connectivity index (χ4n) is 3.02. The Morgan fingerprint density at radius 1 is 1.25 bits per heavy atom. The zero-order valence-corrected chi connectivity index (χ0v) is 18.8. The number of urea groups is 1. The first-order valence-electron chi connectivity index (χ1n) is 10.2. The van der Waals surface area contributed by atoms with E-state index in [9.17, 15) is 14.4 Å². The molecule has 9 heteroatoms. The lowest BCUT2D eigenvalue weighted by atomic mass is 10.1. The number of hydrogen-bond acceptors (Lipinski definition) is 7. The van der Waals surface area contributed by atoms with Gasteiger partial charge < -0.3 is 24.1 Å². The minimum atomic E-state index is -0.635. The third kappa shape index (κ3) is 4.93. The monoisotopic (exact) mass is 441 g/mol. The molecule has 170 valence electrons. The molecule has 0 saturated carbocycles. The second-order valence-corrected chi connectivity index (χ2v) is 7.59. The first-order chi connectivity index (χ1) is 15.2. The summed E-state index contributed by atoms with van der Waals surface area (Å²) in [6.07, 6.45) is 2.40. The Kier molecular flexibility index (Phi) is 6.87. The minimum Gasteiger partial charge on any atom is -0.490 e. The second-order valence-electron chi connectivity index (χ2n) is 7.59. The van der Waals surface area contributed by atoms with Gasteiger partial charge in [0.05, 0.1) is 19.8 Å². The molecule has 2 heterocycles. The van der Waals surface area contributed by atoms with Crippen LogP contribution in [-0.2, 0) is 16.1 Å². The van der Waals surface area contributed by atoms with E-state index in [1.165, 1.54) is 19.2 Å². The van der Waals surface area contributed by atoms with Gasteiger partial charge in [-0.1, -0.05) is 6.92 Å². The standard InChI is InChI=1S/C23H27N3O6/c1-6-14(2)31-20-12-16(25(3)4)8-7-15(20)11-18-21(27)26(23(29)24-18)13-17-9-10-19(32-17)22(28)30-5/h7-12,14H,6,13H2,1-5H3,(H,24,29)/b18-11-/t14-/m0/s1. The Morgan fingerprint density at radius 3 is 2.66 bits per heavy atom. The molecule has 32 heavy (non-hydrogen) atoms. The summed E-state index contributed by atoms with van der Waals surface area (Å²) in [5, 5.41) is 2.59. The molecule has 0 unspecified atom stereocenters. The number of ether oxygens (including phenoxy) is 2. The summed E-state index contributed by atoms with van der Waals surface area (Å²) in [5.74, 6) is -0.238. The lowest BCUT2D eigenvalue weighted by Crippen LogP contribution is -2.30. The van der Waals surface area contributed by atoms with Gasteiger partial charge in [-0.3, -0.25) is 9.69 Å². The molecule has 1 aliphatic heterocycles. The number of esters is 1. The lowest BCUT2D eigenvalue weighted by Gasteiger charge is -2.19. The SMILES string of the molecule is CC[C@H](C)Oc1cc(N(C)C)ccc1/C=C1\NC(=O)N(Cc2ccc(C(=O)OC)o2)C1=O. The van der Waals surface area contributed by atoms with E-state index in [1.807, 2.05) is 51.0 Å². The molecule has 9 nitrogen and oxygen atoms in total. The molecule has 0 bridgehead atoms. The van der Waals surface area contributed by atoms with E-state index < -0.39 is 17.9 Å². The molecular weight excluding hydrogens is 414 g/mol. The van der Waals surface area contributed by atoms with Gasteiger partial charge in [0.2, 0.25) is 5.76 Å². The van der Waals surface area contributed by atoms with Crippen LogP contribution >= 0.6 is 0 Å². The number of nitrogens with zero attached hydrogens (tertiary/aromatic N) is 2. The highest BCUT2D eigenvalue weighted by molar-refractivity contribution is 6.14. The zero-order valence-electron chi connectivity index (χ0n) is 18.8. The van der Waals surface area contributed by atoms with Crippen LogP contribution in [0.1, 0.15) is 42.1 Å². The third-order valence-corrected chi connectivity index (χ3v) is 5.04. The molecule has 3 rings (SSSR count). The Balaban J connectivity index is 1.85. The van der Waals surface area contributed by atoms with Gasteiger partial charge >= 0.3 is 12.0 Å². The number of carbonyl (C=O) groups excluding carboxylic acids is 3. The van der Waals surface area contributed by atoms with Crippen LogP contribution < -0.4 is 15.0 Å². The smallest absolute Gasteiger partial charge is 0.373 e. The molecule has 1 atom stereocenters. The van der Waals surface area contributed by atoms with Crippen molar-refractivity contribution < 1.29 is 28.3 Å². The molecule has 0 spiro atoms. The minimum absolute atomic E-state index is 0.00173. The topological polar surface area (TPSA) is 101 Å². The van der Waals surface area contributed by atoms with Crippen LogP contribution in [-0.4, -0.2) is 50.1 Å². The number of hydrogen-bond donors (Lipinski definition) is 1. The van der Waals surface area contributed by atoms with E-state index in [4.69, 9.17) is 9.15 Å². The maximum absolute atomic E-state index is 12.9. The van der Waals surface area contributed by atoms with Crippen molar-refractivity contribution in [3.63, 3.8) is 0 Å². The van der Waals surface area contributed by atoms with Gasteiger partial charge in [-0.05, 0) is 43.7 Å². The number of carbonyl (C=O) groups is 3. The fourth-order valence-corrected chi connectivity index (χ4v) is 3.02. The number of methoxy groups -OCH3 is 1. The van der Waals surface area contributed by atoms with Crippen molar-refractivity contribution in [3.05, 3.63) is 53.1 Å². The van der Waals surface area contributed by atoms with Crippen molar-refractivity contribution in [2.24, 2.45) is 0 Å². The summed E-state index contributed by atoms with van der Waals surface area (Å²) < 4.78 is 16.0. The number of rotatable bonds is 8. The molecule has 1 aliphatic rings. The normalized spacial score (nSPS) is 15.7. The molecule has 1 aromatic heterocycles. The van der Waals surface area contributed by atoms with Crippen molar-refractivity contribution in [2.75, 3.05) is 26.1 Å². The summed E-state index contributed by atoms with van der Waals surface area (Å²) in [7, 11) is 5.10. The molecule has 2 aromatic rings. The third-order valence-electron chi connectivity index (χ3n) is 5.04. The predicted octanol–water partition coefficient (Wildman–Crippen LogP) is 3.40. The summed E-state index contributed by atoms with van der Waals surface area (Å²) in [5.41, 5.74) is 1.75. The number of benzene rings is 1. The predicted molar refractivity (Wildman–Crippen MR) is 118 cm³/mol. The van der Waals surface area contributed by atoms with Gasteiger partial charge in [-0.2, -0.15) is 0 Å². The van der Waals surface area contributed by atoms with E-state index in [0.29, 0.717) is 11.3 Å². The zero-order chi connectivity index (χ0) is 23.4. The highest BCUT2D eigenvalue weighted by Crippen LogP contribution is 2.29. The summed E-state index contributed by atoms with van der Waals surface area (Å²) in [4.78, 5) is 39.8. The van der Waals surface area contributed by atoms with Gasteiger partial charge in [0.25, 0.3) is 5.91 Å². The number of imide groups is 1. The van der Waals surface area contributed by atoms with Crippen LogP contribution in [0.4, 0.5) is 10.5 Å². The molecule has 1 aromatic carbocycles. The van der Waals surface area contributed by atoms with Crippen molar-refractivity contribution in [1.29, 1.82) is 0 Å². The summed E-state index contributed by atoms with van der Waals surface area (Å²) in [6, 6.07) is 8.03. The second kappa shape index (κ2) is 9.59. The number of amides is 3. The molecule has 0 radical (unpaired) electrons. The van der Waals surface area contributed by atoms with E-state index in [1.54, 1.807) is 6.08 Å². The van der Waals surface area contributed by atoms with Crippen molar-refractivity contribution >= 4 is 29.7 Å². The van der Waals surface area contributed by atoms with Crippen LogP contribution in [0.2, 0.25) is 0 Å². The highest BCUT2D eigenvalue weighted by atomic mass is 16.5. The van der Waals surface area contributed by atoms with Crippen LogP contribution in [0.15, 0.2) is 40.4 Å². The van der Waals surface area contributed by atoms with Crippen LogP contribution in [0.5, 0.6) is 5.75 Å². The van der Waals surface area contributed by atoms with Crippen LogP contribution in [0.25, 0.3) is 6.08 Å². The quantitative estimate of drug-likeness (QED) is 0.381. The average Bonchev–Trinajstić information content (AvgIpc) is 3.34. The maximum atomic E-state index is 12.9. The van der Waals surface area contributed by atoms with Crippen LogP contribution in [0.3, 0.4) is 0 Å². The number of nitrogens with one attached hydrogen (secondary N) is 1. The molecule has 3 amide bonds. The molecule has 1 N–H and O–H groups in total. The van der Waals surface area contributed by atoms with E-state index >= 15 is 0 Å². The van der Waals surface area contributed by atoms with E-state index in [0.717, 1.165) is 17.0 Å². The Hall–Kier alpha value is -3.75. The van der Waals surface area contributed by atoms with Gasteiger partial charge in [0.1, 0.15) is 17.2 Å². The number of furan rings is 1. The highest BCUT2D eigenvalue weighted by Gasteiger charge is 2.34. The van der Waals surface area contributed by atoms with Gasteiger partial charge in [-0.15, -0.1) is 0 Å². The largest absolute Gasteiger partial charge is 0.490 e. The summed E-state index contributed by atoms with van der Waals surface area (Å²) in [6.45, 7) is 3.88. The van der Waals surface area contributed by atoms with Crippen LogP contribution in [0, 0.1) is 0 Å². The molecular formula is C23H27N3O6.